The van der Waals surface area contributed by atoms with Gasteiger partial charge in [-0.1, -0.05) is 35.5 Å². The molecule has 0 saturated carbocycles. The van der Waals surface area contributed by atoms with Crippen molar-refractivity contribution in [3.05, 3.63) is 71.4 Å². The molecule has 1 atom stereocenters. The van der Waals surface area contributed by atoms with Gasteiger partial charge in [0.05, 0.1) is 6.20 Å². The Kier molecular flexibility index (Phi) is 5.35. The molecule has 0 fully saturated rings. The normalized spacial score (nSPS) is 11.9. The number of carbonyl (C=O) groups is 2. The molecule has 0 bridgehead atoms. The summed E-state index contributed by atoms with van der Waals surface area (Å²) >= 11 is 0. The molecule has 2 heterocycles. The van der Waals surface area contributed by atoms with E-state index in [2.05, 4.69) is 10.3 Å². The van der Waals surface area contributed by atoms with Crippen LogP contribution in [0.1, 0.15) is 27.4 Å². The second kappa shape index (κ2) is 7.86. The van der Waals surface area contributed by atoms with Crippen molar-refractivity contribution in [2.75, 3.05) is 7.05 Å². The first-order chi connectivity index (χ1) is 12.9. The van der Waals surface area contributed by atoms with Gasteiger partial charge in [-0.25, -0.2) is 4.79 Å². The minimum Gasteiger partial charge on any atom is -0.480 e. The van der Waals surface area contributed by atoms with Crippen molar-refractivity contribution in [3.63, 3.8) is 0 Å². The number of hydrogen-bond acceptors (Lipinski definition) is 5. The highest BCUT2D eigenvalue weighted by Gasteiger charge is 2.29. The molecule has 0 saturated heterocycles. The summed E-state index contributed by atoms with van der Waals surface area (Å²) in [5.41, 5.74) is 1.91. The molecule has 0 aliphatic carbocycles. The third kappa shape index (κ3) is 4.41. The number of rotatable bonds is 7. The fourth-order valence-corrected chi connectivity index (χ4v) is 2.75. The van der Waals surface area contributed by atoms with Gasteiger partial charge in [0, 0.05) is 25.7 Å². The van der Waals surface area contributed by atoms with E-state index in [0.29, 0.717) is 12.3 Å². The SMILES string of the molecule is Cc1cnn(Cc2cc(C(=O)N(C)C(Cc3ccccc3)C(=O)O)no2)c1. The summed E-state index contributed by atoms with van der Waals surface area (Å²) in [5.74, 6) is -1.12. The summed E-state index contributed by atoms with van der Waals surface area (Å²) in [6.07, 6.45) is 3.77. The van der Waals surface area contributed by atoms with Crippen molar-refractivity contribution in [2.45, 2.75) is 25.9 Å². The van der Waals surface area contributed by atoms with Gasteiger partial charge in [-0.05, 0) is 18.1 Å². The maximum atomic E-state index is 12.7. The molecule has 1 aromatic carbocycles. The molecule has 8 nitrogen and oxygen atoms in total. The van der Waals surface area contributed by atoms with E-state index in [1.807, 2.05) is 43.5 Å². The lowest BCUT2D eigenvalue weighted by atomic mass is 10.0. The summed E-state index contributed by atoms with van der Waals surface area (Å²) in [6.45, 7) is 2.26. The number of hydrogen-bond donors (Lipinski definition) is 1. The fourth-order valence-electron chi connectivity index (χ4n) is 2.75. The van der Waals surface area contributed by atoms with Gasteiger partial charge in [-0.15, -0.1) is 0 Å². The van der Waals surface area contributed by atoms with E-state index in [-0.39, 0.29) is 12.1 Å². The van der Waals surface area contributed by atoms with Crippen molar-refractivity contribution in [2.24, 2.45) is 0 Å². The maximum Gasteiger partial charge on any atom is 0.326 e. The average molecular weight is 368 g/mol. The van der Waals surface area contributed by atoms with Crippen LogP contribution < -0.4 is 0 Å². The highest BCUT2D eigenvalue weighted by atomic mass is 16.5. The van der Waals surface area contributed by atoms with Crippen LogP contribution in [0.3, 0.4) is 0 Å². The molecule has 0 radical (unpaired) electrons. The van der Waals surface area contributed by atoms with Crippen molar-refractivity contribution >= 4 is 11.9 Å². The molecule has 0 aliphatic heterocycles. The Labute approximate surface area is 156 Å². The Bertz CT molecular complexity index is 932. The Balaban J connectivity index is 1.72. The van der Waals surface area contributed by atoms with Gasteiger partial charge in [0.2, 0.25) is 0 Å². The minimum atomic E-state index is -1.08. The molecule has 140 valence electrons. The van der Waals surface area contributed by atoms with Gasteiger partial charge in [0.15, 0.2) is 11.5 Å². The molecule has 3 aromatic rings. The van der Waals surface area contributed by atoms with E-state index < -0.39 is 17.9 Å². The molecule has 27 heavy (non-hydrogen) atoms. The molecule has 0 spiro atoms. The largest absolute Gasteiger partial charge is 0.480 e. The highest BCUT2D eigenvalue weighted by molar-refractivity contribution is 5.94. The molecular formula is C19H20N4O4. The molecule has 1 amide bonds. The molecule has 3 rings (SSSR count). The summed E-state index contributed by atoms with van der Waals surface area (Å²) in [4.78, 5) is 25.5. The van der Waals surface area contributed by atoms with E-state index in [4.69, 9.17) is 4.52 Å². The molecule has 1 N–H and O–H groups in total. The number of carbonyl (C=O) groups excluding carboxylic acids is 1. The number of aromatic nitrogens is 3. The first-order valence-corrected chi connectivity index (χ1v) is 8.42. The molecule has 1 unspecified atom stereocenters. The topological polar surface area (TPSA) is 101 Å². The van der Waals surface area contributed by atoms with Gasteiger partial charge in [0.1, 0.15) is 12.6 Å². The summed E-state index contributed by atoms with van der Waals surface area (Å²) in [6, 6.07) is 9.68. The summed E-state index contributed by atoms with van der Waals surface area (Å²) in [7, 11) is 1.45. The smallest absolute Gasteiger partial charge is 0.326 e. The molecular weight excluding hydrogens is 348 g/mol. The van der Waals surface area contributed by atoms with Crippen LogP contribution in [0.4, 0.5) is 0 Å². The molecule has 8 heteroatoms. The maximum absolute atomic E-state index is 12.7. The monoisotopic (exact) mass is 368 g/mol. The van der Waals surface area contributed by atoms with Gasteiger partial charge >= 0.3 is 5.97 Å². The minimum absolute atomic E-state index is 0.0655. The fraction of sp³-hybridized carbons (Fsp3) is 0.263. The number of aliphatic carboxylic acids is 1. The van der Waals surface area contributed by atoms with Crippen LogP contribution >= 0.6 is 0 Å². The lowest BCUT2D eigenvalue weighted by molar-refractivity contribution is -0.141. The zero-order valence-corrected chi connectivity index (χ0v) is 15.1. The second-order valence-electron chi connectivity index (χ2n) is 6.35. The van der Waals surface area contributed by atoms with Crippen LogP contribution in [0.15, 0.2) is 53.3 Å². The van der Waals surface area contributed by atoms with Gasteiger partial charge in [-0.2, -0.15) is 5.10 Å². The van der Waals surface area contributed by atoms with Crippen LogP contribution in [-0.2, 0) is 17.8 Å². The van der Waals surface area contributed by atoms with E-state index in [1.165, 1.54) is 18.0 Å². The van der Waals surface area contributed by atoms with E-state index in [1.54, 1.807) is 10.9 Å². The zero-order valence-electron chi connectivity index (χ0n) is 15.1. The number of carboxylic acids is 1. The highest BCUT2D eigenvalue weighted by Crippen LogP contribution is 2.13. The first kappa shape index (κ1) is 18.4. The second-order valence-corrected chi connectivity index (χ2v) is 6.35. The van der Waals surface area contributed by atoms with E-state index in [0.717, 1.165) is 11.1 Å². The summed E-state index contributed by atoms with van der Waals surface area (Å²) < 4.78 is 6.87. The first-order valence-electron chi connectivity index (χ1n) is 8.42. The predicted octanol–water partition coefficient (Wildman–Crippen LogP) is 2.00. The van der Waals surface area contributed by atoms with E-state index >= 15 is 0 Å². The molecule has 2 aromatic heterocycles. The van der Waals surface area contributed by atoms with Crippen molar-refractivity contribution < 1.29 is 19.2 Å². The molecule has 0 aliphatic rings. The van der Waals surface area contributed by atoms with Crippen LogP contribution in [0.5, 0.6) is 0 Å². The van der Waals surface area contributed by atoms with Crippen molar-refractivity contribution in [3.8, 4) is 0 Å². The van der Waals surface area contributed by atoms with Gasteiger partial charge in [-0.3, -0.25) is 9.48 Å². The third-order valence-corrected chi connectivity index (χ3v) is 4.20. The van der Waals surface area contributed by atoms with Crippen LogP contribution in [0.2, 0.25) is 0 Å². The Morgan fingerprint density at radius 2 is 2.04 bits per heavy atom. The van der Waals surface area contributed by atoms with Gasteiger partial charge < -0.3 is 14.5 Å². The number of benzene rings is 1. The van der Waals surface area contributed by atoms with Crippen LogP contribution in [-0.4, -0.2) is 49.9 Å². The number of amides is 1. The van der Waals surface area contributed by atoms with Crippen molar-refractivity contribution in [1.29, 1.82) is 0 Å². The van der Waals surface area contributed by atoms with Crippen LogP contribution in [0, 0.1) is 6.92 Å². The quantitative estimate of drug-likeness (QED) is 0.684. The third-order valence-electron chi connectivity index (χ3n) is 4.20. The van der Waals surface area contributed by atoms with E-state index in [9.17, 15) is 14.7 Å². The number of aryl methyl sites for hydroxylation is 1. The number of likely N-dealkylation sites (N-methyl/N-ethyl adjacent to an activating group) is 1. The summed E-state index contributed by atoms with van der Waals surface area (Å²) in [5, 5.41) is 17.5. The Morgan fingerprint density at radius 1 is 1.30 bits per heavy atom. The van der Waals surface area contributed by atoms with Crippen molar-refractivity contribution in [1.82, 2.24) is 19.8 Å². The Morgan fingerprint density at radius 3 is 2.67 bits per heavy atom. The lowest BCUT2D eigenvalue weighted by Gasteiger charge is -2.24. The predicted molar refractivity (Wildman–Crippen MR) is 96.2 cm³/mol. The Hall–Kier alpha value is -3.42. The number of nitrogens with zero attached hydrogens (tertiary/aromatic N) is 4. The average Bonchev–Trinajstić information content (AvgIpc) is 3.28. The van der Waals surface area contributed by atoms with Gasteiger partial charge in [0.25, 0.3) is 5.91 Å². The number of carboxylic acid groups (broad SMARTS) is 1. The zero-order chi connectivity index (χ0) is 19.4. The lowest BCUT2D eigenvalue weighted by Crippen LogP contribution is -2.44. The standard InChI is InChI=1S/C19H20N4O4/c1-13-10-20-23(11-13)12-15-9-16(21-27-15)18(24)22(2)17(19(25)26)8-14-6-4-3-5-7-14/h3-7,9-11,17H,8,12H2,1-2H3,(H,25,26). The van der Waals surface area contributed by atoms with Crippen LogP contribution in [0.25, 0.3) is 0 Å².